The Bertz CT molecular complexity index is 311. The Morgan fingerprint density at radius 1 is 1.36 bits per heavy atom. The molecule has 2 heteroatoms. The predicted molar refractivity (Wildman–Crippen MR) is 56.3 cm³/mol. The first-order valence-electron chi connectivity index (χ1n) is 5.15. The lowest BCUT2D eigenvalue weighted by Crippen LogP contribution is -2.13. The van der Waals surface area contributed by atoms with E-state index in [9.17, 15) is 4.39 Å². The van der Waals surface area contributed by atoms with E-state index >= 15 is 0 Å². The second kappa shape index (κ2) is 4.09. The zero-order valence-electron chi connectivity index (χ0n) is 8.46. The number of hydrogen-bond acceptors (Lipinski definition) is 1. The van der Waals surface area contributed by atoms with Gasteiger partial charge in [-0.2, -0.15) is 0 Å². The lowest BCUT2D eigenvalue weighted by molar-refractivity contribution is 0.358. The Morgan fingerprint density at radius 2 is 2.14 bits per heavy atom. The van der Waals surface area contributed by atoms with Crippen LogP contribution in [0.25, 0.3) is 0 Å². The Kier molecular flexibility index (Phi) is 2.82. The SMILES string of the molecule is Cc1ccccc1[C@H]1CNC[C@@H]1CF. The lowest BCUT2D eigenvalue weighted by atomic mass is 9.87. The first kappa shape index (κ1) is 9.66. The molecule has 76 valence electrons. The van der Waals surface area contributed by atoms with Crippen molar-refractivity contribution in [3.05, 3.63) is 35.4 Å². The molecule has 0 unspecified atom stereocenters. The minimum atomic E-state index is -0.216. The third-order valence-electron chi connectivity index (χ3n) is 3.13. The van der Waals surface area contributed by atoms with Crippen molar-refractivity contribution < 1.29 is 4.39 Å². The summed E-state index contributed by atoms with van der Waals surface area (Å²) in [7, 11) is 0. The van der Waals surface area contributed by atoms with E-state index in [-0.39, 0.29) is 12.6 Å². The van der Waals surface area contributed by atoms with Crippen molar-refractivity contribution in [2.75, 3.05) is 19.8 Å². The molecule has 1 N–H and O–H groups in total. The molecule has 2 rings (SSSR count). The van der Waals surface area contributed by atoms with Gasteiger partial charge in [-0.25, -0.2) is 0 Å². The maximum Gasteiger partial charge on any atom is 0.0941 e. The van der Waals surface area contributed by atoms with Gasteiger partial charge in [0.25, 0.3) is 0 Å². The second-order valence-electron chi connectivity index (χ2n) is 4.04. The van der Waals surface area contributed by atoms with Crippen molar-refractivity contribution in [1.29, 1.82) is 0 Å². The maximum absolute atomic E-state index is 12.7. The molecule has 1 saturated heterocycles. The van der Waals surface area contributed by atoms with E-state index in [2.05, 4.69) is 24.4 Å². The van der Waals surface area contributed by atoms with Gasteiger partial charge in [-0.1, -0.05) is 24.3 Å². The molecule has 0 bridgehead atoms. The van der Waals surface area contributed by atoms with Gasteiger partial charge in [0.15, 0.2) is 0 Å². The smallest absolute Gasteiger partial charge is 0.0941 e. The number of aryl methyl sites for hydroxylation is 1. The Morgan fingerprint density at radius 3 is 2.86 bits per heavy atom. The van der Waals surface area contributed by atoms with Crippen LogP contribution in [0.3, 0.4) is 0 Å². The number of halogens is 1. The lowest BCUT2D eigenvalue weighted by Gasteiger charge is -2.17. The summed E-state index contributed by atoms with van der Waals surface area (Å²) in [5.74, 6) is 0.525. The summed E-state index contributed by atoms with van der Waals surface area (Å²) in [4.78, 5) is 0. The standard InChI is InChI=1S/C12H16FN/c1-9-4-2-3-5-11(9)12-8-14-7-10(12)6-13/h2-5,10,12,14H,6-8H2,1H3/t10-,12-/m0/s1. The maximum atomic E-state index is 12.7. The van der Waals surface area contributed by atoms with Gasteiger partial charge in [0.1, 0.15) is 0 Å². The predicted octanol–water partition coefficient (Wildman–Crippen LogP) is 2.27. The van der Waals surface area contributed by atoms with E-state index in [1.165, 1.54) is 11.1 Å². The normalized spacial score (nSPS) is 26.7. The van der Waals surface area contributed by atoms with E-state index in [1.54, 1.807) is 0 Å². The van der Waals surface area contributed by atoms with Gasteiger partial charge in [-0.05, 0) is 18.1 Å². The van der Waals surface area contributed by atoms with Crippen LogP contribution in [0, 0.1) is 12.8 Å². The molecule has 0 radical (unpaired) electrons. The van der Waals surface area contributed by atoms with E-state index in [0.717, 1.165) is 13.1 Å². The van der Waals surface area contributed by atoms with Crippen molar-refractivity contribution in [3.63, 3.8) is 0 Å². The molecule has 1 fully saturated rings. The van der Waals surface area contributed by atoms with Crippen molar-refractivity contribution >= 4 is 0 Å². The van der Waals surface area contributed by atoms with Crippen LogP contribution in [0.1, 0.15) is 17.0 Å². The average molecular weight is 193 g/mol. The molecule has 1 heterocycles. The first-order valence-corrected chi connectivity index (χ1v) is 5.15. The summed E-state index contributed by atoms with van der Waals surface area (Å²) in [6.45, 7) is 3.61. The van der Waals surface area contributed by atoms with Gasteiger partial charge >= 0.3 is 0 Å². The van der Waals surface area contributed by atoms with Crippen LogP contribution < -0.4 is 5.32 Å². The quantitative estimate of drug-likeness (QED) is 0.759. The van der Waals surface area contributed by atoms with Gasteiger partial charge in [-0.15, -0.1) is 0 Å². The molecule has 1 nitrogen and oxygen atoms in total. The fourth-order valence-electron chi connectivity index (χ4n) is 2.26. The summed E-state index contributed by atoms with van der Waals surface area (Å²) in [6, 6.07) is 8.29. The van der Waals surface area contributed by atoms with Crippen molar-refractivity contribution in [2.45, 2.75) is 12.8 Å². The van der Waals surface area contributed by atoms with Gasteiger partial charge in [0.05, 0.1) is 6.67 Å². The summed E-state index contributed by atoms with van der Waals surface area (Å²) in [5.41, 5.74) is 2.58. The second-order valence-corrected chi connectivity index (χ2v) is 4.04. The summed E-state index contributed by atoms with van der Waals surface area (Å²) < 4.78 is 12.7. The summed E-state index contributed by atoms with van der Waals surface area (Å²) >= 11 is 0. The monoisotopic (exact) mass is 193 g/mol. The van der Waals surface area contributed by atoms with Crippen LogP contribution in [0.4, 0.5) is 4.39 Å². The minimum Gasteiger partial charge on any atom is -0.316 e. The van der Waals surface area contributed by atoms with Gasteiger partial charge in [0, 0.05) is 24.9 Å². The van der Waals surface area contributed by atoms with Crippen LogP contribution in [0.2, 0.25) is 0 Å². The Balaban J connectivity index is 2.26. The molecular formula is C12H16FN. The highest BCUT2D eigenvalue weighted by Gasteiger charge is 2.28. The van der Waals surface area contributed by atoms with Crippen LogP contribution in [0.15, 0.2) is 24.3 Å². The minimum absolute atomic E-state index is 0.163. The zero-order valence-corrected chi connectivity index (χ0v) is 8.46. The molecular weight excluding hydrogens is 177 g/mol. The highest BCUT2D eigenvalue weighted by molar-refractivity contribution is 5.30. The highest BCUT2D eigenvalue weighted by Crippen LogP contribution is 2.30. The van der Waals surface area contributed by atoms with Crippen molar-refractivity contribution in [1.82, 2.24) is 5.32 Å². The van der Waals surface area contributed by atoms with Gasteiger partial charge in [0.2, 0.25) is 0 Å². The molecule has 1 aliphatic heterocycles. The molecule has 1 aliphatic rings. The molecule has 0 amide bonds. The molecule has 1 aromatic rings. The third-order valence-corrected chi connectivity index (χ3v) is 3.13. The molecule has 0 spiro atoms. The fraction of sp³-hybridized carbons (Fsp3) is 0.500. The number of alkyl halides is 1. The van der Waals surface area contributed by atoms with Crippen LogP contribution in [0.5, 0.6) is 0 Å². The number of rotatable bonds is 2. The summed E-state index contributed by atoms with van der Waals surface area (Å²) in [6.07, 6.45) is 0. The van der Waals surface area contributed by atoms with Gasteiger partial charge < -0.3 is 5.32 Å². The summed E-state index contributed by atoms with van der Waals surface area (Å²) in [5, 5.41) is 3.26. The van der Waals surface area contributed by atoms with Gasteiger partial charge in [-0.3, -0.25) is 4.39 Å². The highest BCUT2D eigenvalue weighted by atomic mass is 19.1. The zero-order chi connectivity index (χ0) is 9.97. The fourth-order valence-corrected chi connectivity index (χ4v) is 2.26. The van der Waals surface area contributed by atoms with E-state index < -0.39 is 0 Å². The number of hydrogen-bond donors (Lipinski definition) is 1. The first-order chi connectivity index (χ1) is 6.83. The Hall–Kier alpha value is -0.890. The van der Waals surface area contributed by atoms with E-state index in [0.29, 0.717) is 5.92 Å². The topological polar surface area (TPSA) is 12.0 Å². The van der Waals surface area contributed by atoms with Crippen molar-refractivity contribution in [3.8, 4) is 0 Å². The molecule has 1 aromatic carbocycles. The van der Waals surface area contributed by atoms with Crippen LogP contribution >= 0.6 is 0 Å². The van der Waals surface area contributed by atoms with E-state index in [1.807, 2.05) is 12.1 Å². The average Bonchev–Trinajstić information content (AvgIpc) is 2.66. The number of benzene rings is 1. The molecule has 0 aliphatic carbocycles. The van der Waals surface area contributed by atoms with Crippen LogP contribution in [-0.4, -0.2) is 19.8 Å². The molecule has 14 heavy (non-hydrogen) atoms. The third kappa shape index (κ3) is 1.67. The number of nitrogens with one attached hydrogen (secondary N) is 1. The largest absolute Gasteiger partial charge is 0.316 e. The molecule has 0 aromatic heterocycles. The Labute approximate surface area is 84.3 Å². The van der Waals surface area contributed by atoms with Crippen molar-refractivity contribution in [2.24, 2.45) is 5.92 Å². The van der Waals surface area contributed by atoms with E-state index in [4.69, 9.17) is 0 Å². The molecule has 0 saturated carbocycles. The molecule has 2 atom stereocenters. The van der Waals surface area contributed by atoms with Crippen LogP contribution in [-0.2, 0) is 0 Å².